The van der Waals surface area contributed by atoms with Crippen LogP contribution in [0.4, 0.5) is 5.69 Å². The van der Waals surface area contributed by atoms with E-state index >= 15 is 0 Å². The van der Waals surface area contributed by atoms with Crippen LogP contribution >= 0.6 is 0 Å². The number of nitrogens with one attached hydrogen (secondary N) is 1. The zero-order valence-electron chi connectivity index (χ0n) is 13.8. The molecule has 3 atom stereocenters. The van der Waals surface area contributed by atoms with Crippen LogP contribution in [0.5, 0.6) is 5.75 Å². The predicted octanol–water partition coefficient (Wildman–Crippen LogP) is 1.77. The van der Waals surface area contributed by atoms with Gasteiger partial charge in [-0.05, 0) is 43.7 Å². The highest BCUT2D eigenvalue weighted by atomic mass is 16.5. The summed E-state index contributed by atoms with van der Waals surface area (Å²) in [6, 6.07) is 8.38. The minimum absolute atomic E-state index is 0.126. The average Bonchev–Trinajstić information content (AvgIpc) is 3.22. The van der Waals surface area contributed by atoms with Gasteiger partial charge in [0.2, 0.25) is 5.91 Å². The highest BCUT2D eigenvalue weighted by Gasteiger charge is 2.29. The number of benzene rings is 1. The summed E-state index contributed by atoms with van der Waals surface area (Å²) < 4.78 is 5.29. The van der Waals surface area contributed by atoms with Gasteiger partial charge in [-0.25, -0.2) is 0 Å². The fourth-order valence-electron chi connectivity index (χ4n) is 3.68. The van der Waals surface area contributed by atoms with Crippen molar-refractivity contribution in [2.45, 2.75) is 31.7 Å². The van der Waals surface area contributed by atoms with Crippen LogP contribution in [0.25, 0.3) is 0 Å². The maximum atomic E-state index is 12.2. The van der Waals surface area contributed by atoms with Gasteiger partial charge in [0.25, 0.3) is 0 Å². The van der Waals surface area contributed by atoms with Gasteiger partial charge in [-0.3, -0.25) is 4.79 Å². The lowest BCUT2D eigenvalue weighted by molar-refractivity contribution is -0.125. The molecule has 1 aliphatic carbocycles. The van der Waals surface area contributed by atoms with Crippen LogP contribution in [0.15, 0.2) is 24.3 Å². The van der Waals surface area contributed by atoms with Crippen LogP contribution in [0.3, 0.4) is 0 Å². The molecule has 3 unspecified atom stereocenters. The Balaban J connectivity index is 1.47. The van der Waals surface area contributed by atoms with Gasteiger partial charge < -0.3 is 20.7 Å². The van der Waals surface area contributed by atoms with Crippen molar-refractivity contribution < 1.29 is 9.53 Å². The van der Waals surface area contributed by atoms with Crippen LogP contribution < -0.4 is 20.7 Å². The van der Waals surface area contributed by atoms with E-state index in [4.69, 9.17) is 10.5 Å². The summed E-state index contributed by atoms with van der Waals surface area (Å²) in [5, 5.41) is 3.14. The molecule has 1 heterocycles. The summed E-state index contributed by atoms with van der Waals surface area (Å²) in [4.78, 5) is 14.6. The van der Waals surface area contributed by atoms with E-state index in [2.05, 4.69) is 22.3 Å². The summed E-state index contributed by atoms with van der Waals surface area (Å²) in [6.45, 7) is 2.78. The first-order valence-electron chi connectivity index (χ1n) is 8.58. The van der Waals surface area contributed by atoms with E-state index in [1.165, 1.54) is 5.69 Å². The molecule has 23 heavy (non-hydrogen) atoms. The van der Waals surface area contributed by atoms with E-state index in [1.54, 1.807) is 7.11 Å². The Morgan fingerprint density at radius 3 is 3.00 bits per heavy atom. The number of carbonyl (C=O) groups is 1. The van der Waals surface area contributed by atoms with Crippen LogP contribution in [0.2, 0.25) is 0 Å². The topological polar surface area (TPSA) is 67.6 Å². The standard InChI is InChI=1S/C18H27N3O2/c1-23-17-4-2-3-16(10-17)21-8-7-13(12-21)11-20-18(22)14-5-6-15(19)9-14/h2-4,10,13-15H,5-9,11-12,19H2,1H3,(H,20,22). The first-order chi connectivity index (χ1) is 11.2. The molecule has 3 N–H and O–H groups in total. The molecule has 1 amide bonds. The lowest BCUT2D eigenvalue weighted by Crippen LogP contribution is -2.35. The molecular formula is C18H27N3O2. The van der Waals surface area contributed by atoms with E-state index in [0.717, 1.165) is 51.1 Å². The van der Waals surface area contributed by atoms with Crippen molar-refractivity contribution >= 4 is 11.6 Å². The van der Waals surface area contributed by atoms with Crippen molar-refractivity contribution in [1.29, 1.82) is 0 Å². The molecule has 5 nitrogen and oxygen atoms in total. The fourth-order valence-corrected chi connectivity index (χ4v) is 3.68. The number of anilines is 1. The van der Waals surface area contributed by atoms with Crippen LogP contribution in [-0.2, 0) is 4.79 Å². The summed E-state index contributed by atoms with van der Waals surface area (Å²) in [5.74, 6) is 1.72. The summed E-state index contributed by atoms with van der Waals surface area (Å²) >= 11 is 0. The molecule has 126 valence electrons. The Bertz CT molecular complexity index is 549. The monoisotopic (exact) mass is 317 g/mol. The number of nitrogens with zero attached hydrogens (tertiary/aromatic N) is 1. The molecule has 2 fully saturated rings. The van der Waals surface area contributed by atoms with E-state index < -0.39 is 0 Å². The summed E-state index contributed by atoms with van der Waals surface area (Å²) in [5.41, 5.74) is 7.08. The normalized spacial score (nSPS) is 27.2. The average molecular weight is 317 g/mol. The number of nitrogens with two attached hydrogens (primary N) is 1. The number of rotatable bonds is 5. The second-order valence-electron chi connectivity index (χ2n) is 6.82. The lowest BCUT2D eigenvalue weighted by atomic mass is 10.1. The number of amides is 1. The summed E-state index contributed by atoms with van der Waals surface area (Å²) in [6.07, 6.45) is 3.87. The largest absolute Gasteiger partial charge is 0.497 e. The summed E-state index contributed by atoms with van der Waals surface area (Å²) in [7, 11) is 1.69. The van der Waals surface area contributed by atoms with Crippen molar-refractivity contribution in [3.8, 4) is 5.75 Å². The number of hydrogen-bond donors (Lipinski definition) is 2. The first-order valence-corrected chi connectivity index (χ1v) is 8.58. The van der Waals surface area contributed by atoms with Gasteiger partial charge in [0.05, 0.1) is 7.11 Å². The smallest absolute Gasteiger partial charge is 0.223 e. The number of hydrogen-bond acceptors (Lipinski definition) is 4. The molecule has 5 heteroatoms. The molecular weight excluding hydrogens is 290 g/mol. The van der Waals surface area contributed by atoms with Crippen LogP contribution in [0.1, 0.15) is 25.7 Å². The van der Waals surface area contributed by atoms with Gasteiger partial charge in [0.1, 0.15) is 5.75 Å². The van der Waals surface area contributed by atoms with Gasteiger partial charge in [-0.1, -0.05) is 6.07 Å². The molecule has 0 radical (unpaired) electrons. The Morgan fingerprint density at radius 2 is 2.26 bits per heavy atom. The highest BCUT2D eigenvalue weighted by molar-refractivity contribution is 5.79. The van der Waals surface area contributed by atoms with Crippen LogP contribution in [-0.4, -0.2) is 38.7 Å². The minimum atomic E-state index is 0.126. The third kappa shape index (κ3) is 3.96. The van der Waals surface area contributed by atoms with Gasteiger partial charge in [0, 0.05) is 43.3 Å². The Kier molecular flexibility index (Phi) is 5.06. The van der Waals surface area contributed by atoms with E-state index in [9.17, 15) is 4.79 Å². The maximum absolute atomic E-state index is 12.2. The molecule has 1 aliphatic heterocycles. The van der Waals surface area contributed by atoms with E-state index in [-0.39, 0.29) is 17.9 Å². The molecule has 2 aliphatic rings. The van der Waals surface area contributed by atoms with E-state index in [0.29, 0.717) is 5.92 Å². The molecule has 1 aromatic rings. The third-order valence-corrected chi connectivity index (χ3v) is 5.11. The molecule has 3 rings (SSSR count). The number of ether oxygens (including phenoxy) is 1. The zero-order chi connectivity index (χ0) is 16.2. The molecule has 1 aromatic carbocycles. The zero-order valence-corrected chi connectivity index (χ0v) is 13.8. The Hall–Kier alpha value is -1.75. The van der Waals surface area contributed by atoms with Gasteiger partial charge in [0.15, 0.2) is 0 Å². The minimum Gasteiger partial charge on any atom is -0.497 e. The van der Waals surface area contributed by atoms with Crippen LogP contribution in [0, 0.1) is 11.8 Å². The maximum Gasteiger partial charge on any atom is 0.223 e. The van der Waals surface area contributed by atoms with Gasteiger partial charge >= 0.3 is 0 Å². The second kappa shape index (κ2) is 7.21. The van der Waals surface area contributed by atoms with E-state index in [1.807, 2.05) is 12.1 Å². The Labute approximate surface area is 138 Å². The van der Waals surface area contributed by atoms with Crippen molar-refractivity contribution in [2.24, 2.45) is 17.6 Å². The molecule has 0 bridgehead atoms. The highest BCUT2D eigenvalue weighted by Crippen LogP contribution is 2.27. The molecule has 0 aromatic heterocycles. The molecule has 1 saturated heterocycles. The van der Waals surface area contributed by atoms with Crippen molar-refractivity contribution in [2.75, 3.05) is 31.6 Å². The SMILES string of the molecule is COc1cccc(N2CCC(CNC(=O)C3CCC(N)C3)C2)c1. The molecule has 1 saturated carbocycles. The van der Waals surface area contributed by atoms with Crippen molar-refractivity contribution in [3.63, 3.8) is 0 Å². The molecule has 0 spiro atoms. The third-order valence-electron chi connectivity index (χ3n) is 5.11. The van der Waals surface area contributed by atoms with Gasteiger partial charge in [-0.2, -0.15) is 0 Å². The quantitative estimate of drug-likeness (QED) is 0.868. The first kappa shape index (κ1) is 16.1. The number of carbonyl (C=O) groups excluding carboxylic acids is 1. The predicted molar refractivity (Wildman–Crippen MR) is 91.6 cm³/mol. The van der Waals surface area contributed by atoms with Gasteiger partial charge in [-0.15, -0.1) is 0 Å². The lowest BCUT2D eigenvalue weighted by Gasteiger charge is -2.20. The Morgan fingerprint density at radius 1 is 1.39 bits per heavy atom. The number of methoxy groups -OCH3 is 1. The van der Waals surface area contributed by atoms with Crippen molar-refractivity contribution in [1.82, 2.24) is 5.32 Å². The second-order valence-corrected chi connectivity index (χ2v) is 6.82. The fraction of sp³-hybridized carbons (Fsp3) is 0.611. The van der Waals surface area contributed by atoms with Crippen molar-refractivity contribution in [3.05, 3.63) is 24.3 Å².